The number of fused-ring (bicyclic) bond motifs is 1. The molecule has 14 heavy (non-hydrogen) atoms. The van der Waals surface area contributed by atoms with E-state index in [9.17, 15) is 0 Å². The Balaban J connectivity index is 1.90. The Kier molecular flexibility index (Phi) is 4.05. The van der Waals surface area contributed by atoms with Crippen LogP contribution < -0.4 is 0 Å². The maximum Gasteiger partial charge on any atom is 0.0603 e. The van der Waals surface area contributed by atoms with Crippen LogP contribution in [0.2, 0.25) is 0 Å². The Bertz CT molecular complexity index is 186. The van der Waals surface area contributed by atoms with Gasteiger partial charge in [0, 0.05) is 6.61 Å². The van der Waals surface area contributed by atoms with E-state index in [4.69, 9.17) is 4.74 Å². The average Bonchev–Trinajstić information content (AvgIpc) is 2.25. The predicted molar refractivity (Wildman–Crippen MR) is 59.3 cm³/mol. The van der Waals surface area contributed by atoms with Crippen molar-refractivity contribution in [1.29, 1.82) is 0 Å². The standard InChI is InChI=1S/C13H22O/c1-2-4-8-12-9-5-6-10-13(12)14-11-7-3-1/h1-2,12-13H,3-11H2. The van der Waals surface area contributed by atoms with Gasteiger partial charge in [0.05, 0.1) is 6.10 Å². The fourth-order valence-corrected chi connectivity index (χ4v) is 2.71. The highest BCUT2D eigenvalue weighted by Gasteiger charge is 2.24. The highest BCUT2D eigenvalue weighted by Crippen LogP contribution is 2.30. The first-order valence-electron chi connectivity index (χ1n) is 6.23. The molecule has 1 heterocycles. The Morgan fingerprint density at radius 2 is 1.71 bits per heavy atom. The lowest BCUT2D eigenvalue weighted by molar-refractivity contribution is -0.0143. The molecule has 0 bridgehead atoms. The van der Waals surface area contributed by atoms with Crippen LogP contribution >= 0.6 is 0 Å². The van der Waals surface area contributed by atoms with E-state index < -0.39 is 0 Å². The summed E-state index contributed by atoms with van der Waals surface area (Å²) in [4.78, 5) is 0. The second kappa shape index (κ2) is 5.55. The van der Waals surface area contributed by atoms with Crippen molar-refractivity contribution in [1.82, 2.24) is 0 Å². The molecule has 2 rings (SSSR count). The third-order valence-electron chi connectivity index (χ3n) is 3.56. The molecule has 1 aliphatic carbocycles. The molecule has 1 aliphatic heterocycles. The van der Waals surface area contributed by atoms with E-state index in [1.165, 1.54) is 51.4 Å². The molecule has 0 aromatic heterocycles. The number of ether oxygens (including phenoxy) is 1. The quantitative estimate of drug-likeness (QED) is 0.534. The van der Waals surface area contributed by atoms with Crippen LogP contribution in [0.4, 0.5) is 0 Å². The van der Waals surface area contributed by atoms with Gasteiger partial charge >= 0.3 is 0 Å². The topological polar surface area (TPSA) is 9.23 Å². The van der Waals surface area contributed by atoms with Gasteiger partial charge in [-0.2, -0.15) is 0 Å². The van der Waals surface area contributed by atoms with Crippen LogP contribution in [0.5, 0.6) is 0 Å². The molecule has 2 unspecified atom stereocenters. The summed E-state index contributed by atoms with van der Waals surface area (Å²) in [7, 11) is 0. The van der Waals surface area contributed by atoms with Crippen LogP contribution in [0.3, 0.4) is 0 Å². The van der Waals surface area contributed by atoms with Gasteiger partial charge in [-0.05, 0) is 44.4 Å². The predicted octanol–water partition coefficient (Wildman–Crippen LogP) is 3.69. The summed E-state index contributed by atoms with van der Waals surface area (Å²) in [6.07, 6.45) is 15.8. The summed E-state index contributed by atoms with van der Waals surface area (Å²) in [6.45, 7) is 0.978. The molecule has 0 aromatic carbocycles. The first kappa shape index (κ1) is 10.2. The van der Waals surface area contributed by atoms with E-state index in [0.717, 1.165) is 12.5 Å². The van der Waals surface area contributed by atoms with Crippen molar-refractivity contribution in [2.24, 2.45) is 5.92 Å². The van der Waals surface area contributed by atoms with Crippen molar-refractivity contribution in [3.8, 4) is 0 Å². The van der Waals surface area contributed by atoms with Crippen LogP contribution in [0.25, 0.3) is 0 Å². The molecular formula is C13H22O. The maximum absolute atomic E-state index is 5.99. The van der Waals surface area contributed by atoms with Crippen molar-refractivity contribution in [2.45, 2.75) is 57.5 Å². The zero-order valence-electron chi connectivity index (χ0n) is 9.08. The Hall–Kier alpha value is -0.300. The van der Waals surface area contributed by atoms with Gasteiger partial charge in [-0.15, -0.1) is 0 Å². The largest absolute Gasteiger partial charge is 0.378 e. The summed E-state index contributed by atoms with van der Waals surface area (Å²) < 4.78 is 5.99. The second-order valence-corrected chi connectivity index (χ2v) is 4.64. The van der Waals surface area contributed by atoms with Crippen LogP contribution in [0.1, 0.15) is 51.4 Å². The molecule has 2 atom stereocenters. The molecular weight excluding hydrogens is 172 g/mol. The van der Waals surface area contributed by atoms with Gasteiger partial charge in [0.15, 0.2) is 0 Å². The Labute approximate surface area is 87.5 Å². The maximum atomic E-state index is 5.99. The highest BCUT2D eigenvalue weighted by molar-refractivity contribution is 4.85. The molecule has 0 aromatic rings. The third kappa shape index (κ3) is 2.84. The van der Waals surface area contributed by atoms with Gasteiger partial charge < -0.3 is 4.74 Å². The SMILES string of the molecule is C1=CCCC2CCCCC2OCCC1. The Morgan fingerprint density at radius 1 is 0.857 bits per heavy atom. The minimum Gasteiger partial charge on any atom is -0.378 e. The van der Waals surface area contributed by atoms with Crippen LogP contribution in [0.15, 0.2) is 12.2 Å². The first-order chi connectivity index (χ1) is 6.97. The summed E-state index contributed by atoms with van der Waals surface area (Å²) in [5.74, 6) is 0.853. The molecule has 0 radical (unpaired) electrons. The van der Waals surface area contributed by atoms with Crippen molar-refractivity contribution >= 4 is 0 Å². The zero-order valence-corrected chi connectivity index (χ0v) is 9.08. The Morgan fingerprint density at radius 3 is 2.71 bits per heavy atom. The van der Waals surface area contributed by atoms with Crippen LogP contribution in [0, 0.1) is 5.92 Å². The normalized spacial score (nSPS) is 34.9. The van der Waals surface area contributed by atoms with E-state index in [1.807, 2.05) is 0 Å². The van der Waals surface area contributed by atoms with Gasteiger partial charge in [-0.3, -0.25) is 0 Å². The van der Waals surface area contributed by atoms with E-state index in [0.29, 0.717) is 6.10 Å². The molecule has 1 fully saturated rings. The summed E-state index contributed by atoms with van der Waals surface area (Å²) in [5, 5.41) is 0. The fourth-order valence-electron chi connectivity index (χ4n) is 2.71. The van der Waals surface area contributed by atoms with E-state index >= 15 is 0 Å². The molecule has 1 saturated carbocycles. The van der Waals surface area contributed by atoms with Gasteiger partial charge in [0.2, 0.25) is 0 Å². The molecule has 0 saturated heterocycles. The number of hydrogen-bond donors (Lipinski definition) is 0. The van der Waals surface area contributed by atoms with Gasteiger partial charge in [0.25, 0.3) is 0 Å². The number of allylic oxidation sites excluding steroid dienone is 2. The van der Waals surface area contributed by atoms with Crippen LogP contribution in [-0.2, 0) is 4.74 Å². The lowest BCUT2D eigenvalue weighted by atomic mass is 9.83. The minimum absolute atomic E-state index is 0.593. The van der Waals surface area contributed by atoms with Crippen molar-refractivity contribution in [3.63, 3.8) is 0 Å². The number of rotatable bonds is 0. The molecule has 1 nitrogen and oxygen atoms in total. The third-order valence-corrected chi connectivity index (χ3v) is 3.56. The summed E-state index contributed by atoms with van der Waals surface area (Å²) in [5.41, 5.74) is 0. The molecule has 2 aliphatic rings. The first-order valence-corrected chi connectivity index (χ1v) is 6.23. The zero-order chi connectivity index (χ0) is 9.64. The minimum atomic E-state index is 0.593. The number of hydrogen-bond acceptors (Lipinski definition) is 1. The van der Waals surface area contributed by atoms with Crippen molar-refractivity contribution < 1.29 is 4.74 Å². The van der Waals surface area contributed by atoms with Crippen LogP contribution in [-0.4, -0.2) is 12.7 Å². The lowest BCUT2D eigenvalue weighted by Crippen LogP contribution is -2.28. The highest BCUT2D eigenvalue weighted by atomic mass is 16.5. The van der Waals surface area contributed by atoms with Crippen molar-refractivity contribution in [2.75, 3.05) is 6.61 Å². The summed E-state index contributed by atoms with van der Waals surface area (Å²) >= 11 is 0. The molecule has 1 heteroatoms. The van der Waals surface area contributed by atoms with Crippen molar-refractivity contribution in [3.05, 3.63) is 12.2 Å². The van der Waals surface area contributed by atoms with Gasteiger partial charge in [-0.25, -0.2) is 0 Å². The summed E-state index contributed by atoms with van der Waals surface area (Å²) in [6, 6.07) is 0. The van der Waals surface area contributed by atoms with Gasteiger partial charge in [0.1, 0.15) is 0 Å². The second-order valence-electron chi connectivity index (χ2n) is 4.64. The average molecular weight is 194 g/mol. The van der Waals surface area contributed by atoms with E-state index in [1.54, 1.807) is 0 Å². The molecule has 0 spiro atoms. The smallest absolute Gasteiger partial charge is 0.0603 e. The molecule has 80 valence electrons. The van der Waals surface area contributed by atoms with E-state index in [-0.39, 0.29) is 0 Å². The molecule has 0 amide bonds. The fraction of sp³-hybridized carbons (Fsp3) is 0.846. The molecule has 0 N–H and O–H groups in total. The van der Waals surface area contributed by atoms with E-state index in [2.05, 4.69) is 12.2 Å². The monoisotopic (exact) mass is 194 g/mol. The lowest BCUT2D eigenvalue weighted by Gasteiger charge is -2.31. The van der Waals surface area contributed by atoms with Gasteiger partial charge in [-0.1, -0.05) is 25.0 Å².